The smallest absolute Gasteiger partial charge is 0.357 e. The maximum absolute atomic E-state index is 12.4. The number of carbonyl (C=O) groups is 2. The standard InChI is InChI=1S/C19H21N3O4.ClH/c1-12-3-9-15(10-4-12)26-16(19(24)25-2)18(23)22-11-13-5-7-14(8-6-13)17(20)21;/h3-10,16H,11H2,1-2H3,(H3,20,21)(H,22,23);1H. The molecule has 0 radical (unpaired) electrons. The van der Waals surface area contributed by atoms with Gasteiger partial charge in [0.15, 0.2) is 0 Å². The summed E-state index contributed by atoms with van der Waals surface area (Å²) >= 11 is 0. The van der Waals surface area contributed by atoms with Crippen LogP contribution in [0.25, 0.3) is 0 Å². The highest BCUT2D eigenvalue weighted by molar-refractivity contribution is 6.01. The van der Waals surface area contributed by atoms with Crippen LogP contribution in [0.3, 0.4) is 0 Å². The first-order valence-corrected chi connectivity index (χ1v) is 7.93. The number of esters is 1. The Morgan fingerprint density at radius 1 is 1.11 bits per heavy atom. The molecule has 0 saturated heterocycles. The second-order valence-corrected chi connectivity index (χ2v) is 5.66. The lowest BCUT2D eigenvalue weighted by atomic mass is 10.1. The minimum absolute atomic E-state index is 0. The molecule has 0 aliphatic heterocycles. The van der Waals surface area contributed by atoms with E-state index in [2.05, 4.69) is 10.1 Å². The summed E-state index contributed by atoms with van der Waals surface area (Å²) in [6.45, 7) is 2.12. The van der Waals surface area contributed by atoms with Crippen molar-refractivity contribution in [3.05, 3.63) is 65.2 Å². The lowest BCUT2D eigenvalue weighted by molar-refractivity contribution is -0.154. The average molecular weight is 392 g/mol. The maximum Gasteiger partial charge on any atom is 0.357 e. The third-order valence-electron chi connectivity index (χ3n) is 3.66. The second-order valence-electron chi connectivity index (χ2n) is 5.66. The summed E-state index contributed by atoms with van der Waals surface area (Å²) < 4.78 is 10.2. The van der Waals surface area contributed by atoms with Gasteiger partial charge in [0.1, 0.15) is 11.6 Å². The maximum atomic E-state index is 12.4. The first-order chi connectivity index (χ1) is 12.4. The molecule has 0 bridgehead atoms. The Balaban J connectivity index is 0.00000364. The molecule has 2 rings (SSSR count). The number of carbonyl (C=O) groups excluding carboxylic acids is 2. The summed E-state index contributed by atoms with van der Waals surface area (Å²) in [6.07, 6.45) is -1.40. The number of nitrogens with two attached hydrogens (primary N) is 1. The lowest BCUT2D eigenvalue weighted by Crippen LogP contribution is -2.44. The minimum atomic E-state index is -1.40. The summed E-state index contributed by atoms with van der Waals surface area (Å²) in [7, 11) is 1.20. The second kappa shape index (κ2) is 10.2. The van der Waals surface area contributed by atoms with Crippen LogP contribution in [0.15, 0.2) is 48.5 Å². The number of aryl methyl sites for hydroxylation is 1. The number of ether oxygens (including phenoxy) is 2. The van der Waals surface area contributed by atoms with E-state index in [4.69, 9.17) is 15.9 Å². The monoisotopic (exact) mass is 391 g/mol. The van der Waals surface area contributed by atoms with Crippen molar-refractivity contribution in [2.75, 3.05) is 7.11 Å². The topological polar surface area (TPSA) is 114 Å². The molecule has 1 atom stereocenters. The summed E-state index contributed by atoms with van der Waals surface area (Å²) in [4.78, 5) is 24.3. The molecule has 0 aromatic heterocycles. The summed E-state index contributed by atoms with van der Waals surface area (Å²) in [5.41, 5.74) is 7.82. The Morgan fingerprint density at radius 2 is 1.70 bits per heavy atom. The van der Waals surface area contributed by atoms with Crippen molar-refractivity contribution in [3.63, 3.8) is 0 Å². The summed E-state index contributed by atoms with van der Waals surface area (Å²) in [5.74, 6) is -1.02. The molecule has 1 amide bonds. The first kappa shape index (κ1) is 22.0. The van der Waals surface area contributed by atoms with Crippen LogP contribution in [-0.4, -0.2) is 30.9 Å². The van der Waals surface area contributed by atoms with Gasteiger partial charge in [-0.05, 0) is 24.6 Å². The van der Waals surface area contributed by atoms with Crippen molar-refractivity contribution in [2.24, 2.45) is 5.73 Å². The summed E-state index contributed by atoms with van der Waals surface area (Å²) in [5, 5.41) is 10.0. The fourth-order valence-electron chi connectivity index (χ4n) is 2.15. The zero-order valence-corrected chi connectivity index (χ0v) is 15.8. The molecule has 0 heterocycles. The van der Waals surface area contributed by atoms with Crippen molar-refractivity contribution in [1.29, 1.82) is 5.41 Å². The van der Waals surface area contributed by atoms with Crippen LogP contribution in [0.4, 0.5) is 0 Å². The van der Waals surface area contributed by atoms with Crippen LogP contribution in [0, 0.1) is 12.3 Å². The minimum Gasteiger partial charge on any atom is -0.469 e. The number of hydrogen-bond acceptors (Lipinski definition) is 5. The Labute approximate surface area is 163 Å². The predicted molar refractivity (Wildman–Crippen MR) is 104 cm³/mol. The van der Waals surface area contributed by atoms with Gasteiger partial charge in [0.05, 0.1) is 7.11 Å². The number of hydrogen-bond donors (Lipinski definition) is 3. The number of halogens is 1. The van der Waals surface area contributed by atoms with E-state index >= 15 is 0 Å². The van der Waals surface area contributed by atoms with Gasteiger partial charge in [-0.15, -0.1) is 12.4 Å². The fourth-order valence-corrected chi connectivity index (χ4v) is 2.15. The van der Waals surface area contributed by atoms with Crippen LogP contribution in [0.5, 0.6) is 5.75 Å². The number of rotatable bonds is 7. The van der Waals surface area contributed by atoms with Crippen LogP contribution < -0.4 is 15.8 Å². The molecule has 0 aliphatic carbocycles. The van der Waals surface area contributed by atoms with Crippen LogP contribution >= 0.6 is 12.4 Å². The van der Waals surface area contributed by atoms with E-state index in [0.29, 0.717) is 11.3 Å². The number of amides is 1. The number of methoxy groups -OCH3 is 1. The van der Waals surface area contributed by atoms with Crippen molar-refractivity contribution >= 4 is 30.1 Å². The molecule has 0 aliphatic rings. The fraction of sp³-hybridized carbons (Fsp3) is 0.211. The van der Waals surface area contributed by atoms with E-state index < -0.39 is 18.0 Å². The third-order valence-corrected chi connectivity index (χ3v) is 3.66. The van der Waals surface area contributed by atoms with E-state index in [9.17, 15) is 9.59 Å². The molecule has 0 spiro atoms. The number of nitrogens with one attached hydrogen (secondary N) is 2. The average Bonchev–Trinajstić information content (AvgIpc) is 2.65. The lowest BCUT2D eigenvalue weighted by Gasteiger charge is -2.17. The van der Waals surface area contributed by atoms with Gasteiger partial charge in [-0.25, -0.2) is 4.79 Å². The SMILES string of the molecule is COC(=O)C(Oc1ccc(C)cc1)C(=O)NCc1ccc(C(=N)N)cc1.Cl. The number of nitrogen functional groups attached to an aromatic ring is 1. The van der Waals surface area contributed by atoms with Crippen LogP contribution in [0.1, 0.15) is 16.7 Å². The van der Waals surface area contributed by atoms with Gasteiger partial charge < -0.3 is 20.5 Å². The van der Waals surface area contributed by atoms with Gasteiger partial charge in [-0.2, -0.15) is 0 Å². The molecule has 1 unspecified atom stereocenters. The van der Waals surface area contributed by atoms with Crippen LogP contribution in [-0.2, 0) is 20.9 Å². The van der Waals surface area contributed by atoms with Crippen molar-refractivity contribution < 1.29 is 19.1 Å². The first-order valence-electron chi connectivity index (χ1n) is 7.93. The molecule has 144 valence electrons. The van der Waals surface area contributed by atoms with E-state index in [1.54, 1.807) is 36.4 Å². The molecular formula is C19H22ClN3O4. The highest BCUT2D eigenvalue weighted by Gasteiger charge is 2.29. The van der Waals surface area contributed by atoms with Gasteiger partial charge in [0, 0.05) is 12.1 Å². The van der Waals surface area contributed by atoms with Crippen molar-refractivity contribution in [3.8, 4) is 5.75 Å². The third kappa shape index (κ3) is 6.31. The Kier molecular flexibility index (Phi) is 8.29. The molecule has 27 heavy (non-hydrogen) atoms. The van der Waals surface area contributed by atoms with E-state index in [0.717, 1.165) is 11.1 Å². The highest BCUT2D eigenvalue weighted by atomic mass is 35.5. The predicted octanol–water partition coefficient (Wildman–Crippen LogP) is 1.94. The summed E-state index contributed by atoms with van der Waals surface area (Å²) in [6, 6.07) is 13.8. The zero-order valence-electron chi connectivity index (χ0n) is 15.0. The van der Waals surface area contributed by atoms with E-state index in [-0.39, 0.29) is 24.8 Å². The number of amidine groups is 1. The molecule has 8 heteroatoms. The largest absolute Gasteiger partial charge is 0.469 e. The van der Waals surface area contributed by atoms with Gasteiger partial charge in [-0.1, -0.05) is 42.0 Å². The van der Waals surface area contributed by atoms with E-state index in [1.165, 1.54) is 7.11 Å². The normalized spacial score (nSPS) is 10.9. The quantitative estimate of drug-likeness (QED) is 0.289. The Hall–Kier alpha value is -3.06. The Bertz CT molecular complexity index is 792. The highest BCUT2D eigenvalue weighted by Crippen LogP contribution is 2.14. The van der Waals surface area contributed by atoms with Gasteiger partial charge in [-0.3, -0.25) is 10.2 Å². The van der Waals surface area contributed by atoms with Crippen molar-refractivity contribution in [1.82, 2.24) is 5.32 Å². The molecule has 4 N–H and O–H groups in total. The van der Waals surface area contributed by atoms with E-state index in [1.807, 2.05) is 19.1 Å². The van der Waals surface area contributed by atoms with Crippen molar-refractivity contribution in [2.45, 2.75) is 19.6 Å². The molecule has 0 saturated carbocycles. The van der Waals surface area contributed by atoms with Crippen LogP contribution in [0.2, 0.25) is 0 Å². The zero-order chi connectivity index (χ0) is 19.1. The molecule has 2 aromatic rings. The number of benzene rings is 2. The van der Waals surface area contributed by atoms with Gasteiger partial charge in [0.25, 0.3) is 12.0 Å². The molecule has 7 nitrogen and oxygen atoms in total. The Morgan fingerprint density at radius 3 is 2.22 bits per heavy atom. The van der Waals surface area contributed by atoms with Gasteiger partial charge in [0.2, 0.25) is 0 Å². The molecule has 2 aromatic carbocycles. The molecule has 0 fully saturated rings. The van der Waals surface area contributed by atoms with Gasteiger partial charge >= 0.3 is 5.97 Å². The molecular weight excluding hydrogens is 370 g/mol.